The van der Waals surface area contributed by atoms with Crippen molar-refractivity contribution in [3.8, 4) is 0 Å². The Morgan fingerprint density at radius 2 is 1.18 bits per heavy atom. The molecule has 202 valence electrons. The van der Waals surface area contributed by atoms with E-state index in [0.717, 1.165) is 6.07 Å². The van der Waals surface area contributed by atoms with Crippen LogP contribution in [-0.4, -0.2) is 38.9 Å². The van der Waals surface area contributed by atoms with Gasteiger partial charge >= 0.3 is 0 Å². The SMILES string of the molecule is Cc1ccc(N=Nc2cc(S(=O)(=O)O)c(N)c(N=Nc3cc(F)ccc3S(=O)(=O)O)c2N)c(S(=O)(=O)O)c1. The van der Waals surface area contributed by atoms with E-state index in [-0.39, 0.29) is 5.69 Å². The highest BCUT2D eigenvalue weighted by Crippen LogP contribution is 2.43. The molecular weight excluding hydrogens is 571 g/mol. The Kier molecular flexibility index (Phi) is 7.64. The number of anilines is 2. The van der Waals surface area contributed by atoms with Gasteiger partial charge in [-0.3, -0.25) is 13.7 Å². The van der Waals surface area contributed by atoms with Crippen LogP contribution in [-0.2, 0) is 30.4 Å². The number of rotatable bonds is 7. The van der Waals surface area contributed by atoms with Gasteiger partial charge in [0.25, 0.3) is 30.4 Å². The third kappa shape index (κ3) is 6.33. The summed E-state index contributed by atoms with van der Waals surface area (Å²) in [5, 5.41) is 14.4. The monoisotopic (exact) mass is 588 g/mol. The number of hydrogen-bond acceptors (Lipinski definition) is 12. The second-order valence-electron chi connectivity index (χ2n) is 7.48. The highest BCUT2D eigenvalue weighted by molar-refractivity contribution is 7.86. The van der Waals surface area contributed by atoms with E-state index in [1.165, 1.54) is 19.1 Å². The largest absolute Gasteiger partial charge is 0.396 e. The lowest BCUT2D eigenvalue weighted by Crippen LogP contribution is -2.05. The summed E-state index contributed by atoms with van der Waals surface area (Å²) in [6.45, 7) is 1.54. The third-order valence-electron chi connectivity index (χ3n) is 4.71. The number of halogens is 1. The van der Waals surface area contributed by atoms with Gasteiger partial charge in [0.15, 0.2) is 0 Å². The third-order valence-corrected chi connectivity index (χ3v) is 7.39. The molecule has 0 aliphatic heterocycles. The van der Waals surface area contributed by atoms with Gasteiger partial charge in [0.1, 0.15) is 43.3 Å². The highest BCUT2D eigenvalue weighted by atomic mass is 32.2. The van der Waals surface area contributed by atoms with Gasteiger partial charge < -0.3 is 11.5 Å². The average molecular weight is 589 g/mol. The van der Waals surface area contributed by atoms with Crippen molar-refractivity contribution in [2.75, 3.05) is 11.5 Å². The van der Waals surface area contributed by atoms with Gasteiger partial charge in [0.2, 0.25) is 0 Å². The van der Waals surface area contributed by atoms with Crippen LogP contribution in [0.1, 0.15) is 5.56 Å². The molecule has 15 nitrogen and oxygen atoms in total. The molecule has 0 aliphatic carbocycles. The minimum Gasteiger partial charge on any atom is -0.396 e. The van der Waals surface area contributed by atoms with Crippen LogP contribution in [0.2, 0.25) is 0 Å². The fourth-order valence-corrected chi connectivity index (χ4v) is 4.92. The zero-order chi connectivity index (χ0) is 28.6. The van der Waals surface area contributed by atoms with Crippen LogP contribution in [0.25, 0.3) is 0 Å². The summed E-state index contributed by atoms with van der Waals surface area (Å²) in [6, 6.07) is 6.37. The summed E-state index contributed by atoms with van der Waals surface area (Å²) in [6.07, 6.45) is 0. The first-order valence-corrected chi connectivity index (χ1v) is 14.1. The van der Waals surface area contributed by atoms with Gasteiger partial charge in [-0.1, -0.05) is 6.07 Å². The number of nitrogens with zero attached hydrogens (tertiary/aromatic N) is 4. The van der Waals surface area contributed by atoms with E-state index < -0.39 is 79.3 Å². The lowest BCUT2D eigenvalue weighted by molar-refractivity contribution is 0.481. The lowest BCUT2D eigenvalue weighted by atomic mass is 10.2. The topological polar surface area (TPSA) is 265 Å². The van der Waals surface area contributed by atoms with E-state index >= 15 is 0 Å². The summed E-state index contributed by atoms with van der Waals surface area (Å²) in [4.78, 5) is -2.47. The molecule has 0 amide bonds. The Balaban J connectivity index is 2.25. The Morgan fingerprint density at radius 3 is 1.76 bits per heavy atom. The normalized spacial score (nSPS) is 13.0. The smallest absolute Gasteiger partial charge is 0.296 e. The molecule has 0 saturated carbocycles. The molecule has 0 saturated heterocycles. The van der Waals surface area contributed by atoms with Crippen LogP contribution in [0.5, 0.6) is 0 Å². The highest BCUT2D eigenvalue weighted by Gasteiger charge is 2.23. The van der Waals surface area contributed by atoms with Crippen LogP contribution in [0.3, 0.4) is 0 Å². The van der Waals surface area contributed by atoms with Gasteiger partial charge in [-0.25, -0.2) is 4.39 Å². The number of benzene rings is 3. The summed E-state index contributed by atoms with van der Waals surface area (Å²) < 4.78 is 112. The van der Waals surface area contributed by atoms with E-state index in [0.29, 0.717) is 29.8 Å². The van der Waals surface area contributed by atoms with Gasteiger partial charge in [0, 0.05) is 6.07 Å². The summed E-state index contributed by atoms with van der Waals surface area (Å²) in [5.74, 6) is -0.971. The Labute approximate surface area is 215 Å². The molecule has 0 spiro atoms. The molecule has 0 bridgehead atoms. The quantitative estimate of drug-likeness (QED) is 0.150. The summed E-state index contributed by atoms with van der Waals surface area (Å²) in [5.41, 5.74) is 8.55. The molecule has 0 fully saturated rings. The van der Waals surface area contributed by atoms with Gasteiger partial charge in [0.05, 0.1) is 11.4 Å². The van der Waals surface area contributed by atoms with Gasteiger partial charge in [-0.15, -0.1) is 20.5 Å². The predicted octanol–water partition coefficient (Wildman–Crippen LogP) is 3.87. The van der Waals surface area contributed by atoms with Crippen molar-refractivity contribution in [1.29, 1.82) is 0 Å². The fraction of sp³-hybridized carbons (Fsp3) is 0.0526. The zero-order valence-corrected chi connectivity index (χ0v) is 21.3. The summed E-state index contributed by atoms with van der Waals surface area (Å²) in [7, 11) is -14.7. The van der Waals surface area contributed by atoms with Gasteiger partial charge in [-0.2, -0.15) is 25.3 Å². The lowest BCUT2D eigenvalue weighted by Gasteiger charge is -2.11. The second-order valence-corrected chi connectivity index (χ2v) is 11.6. The maximum atomic E-state index is 13.7. The van der Waals surface area contributed by atoms with E-state index in [1.807, 2.05) is 0 Å². The van der Waals surface area contributed by atoms with Crippen LogP contribution >= 0.6 is 0 Å². The molecule has 0 unspecified atom stereocenters. The van der Waals surface area contributed by atoms with Crippen LogP contribution in [0.15, 0.2) is 77.6 Å². The molecule has 0 aromatic heterocycles. The molecule has 0 heterocycles. The number of azo groups is 2. The molecule has 3 rings (SSSR count). The predicted molar refractivity (Wildman–Crippen MR) is 131 cm³/mol. The fourth-order valence-electron chi connectivity index (χ4n) is 2.98. The minimum atomic E-state index is -5.05. The number of aryl methyl sites for hydroxylation is 1. The van der Waals surface area contributed by atoms with Crippen LogP contribution < -0.4 is 11.5 Å². The Bertz CT molecular complexity index is 1840. The first kappa shape index (κ1) is 28.7. The average Bonchev–Trinajstić information content (AvgIpc) is 2.76. The van der Waals surface area contributed by atoms with Crippen molar-refractivity contribution < 1.29 is 43.3 Å². The van der Waals surface area contributed by atoms with Crippen LogP contribution in [0, 0.1) is 12.7 Å². The first-order valence-electron chi connectivity index (χ1n) is 9.77. The molecule has 0 radical (unpaired) electrons. The second kappa shape index (κ2) is 10.1. The molecule has 0 atom stereocenters. The minimum absolute atomic E-state index is 0.372. The number of nitrogen functional groups attached to an aromatic ring is 2. The van der Waals surface area contributed by atoms with Crippen LogP contribution in [0.4, 0.5) is 38.5 Å². The van der Waals surface area contributed by atoms with E-state index in [9.17, 15) is 43.3 Å². The van der Waals surface area contributed by atoms with E-state index in [1.54, 1.807) is 0 Å². The number of hydrogen-bond donors (Lipinski definition) is 5. The van der Waals surface area contributed by atoms with Crippen molar-refractivity contribution in [2.24, 2.45) is 20.5 Å². The van der Waals surface area contributed by atoms with Crippen molar-refractivity contribution in [3.63, 3.8) is 0 Å². The molecule has 38 heavy (non-hydrogen) atoms. The molecule has 3 aromatic rings. The molecular formula is C19H17FN6O9S3. The maximum Gasteiger partial charge on any atom is 0.296 e. The first-order chi connectivity index (χ1) is 17.4. The maximum absolute atomic E-state index is 13.7. The zero-order valence-electron chi connectivity index (χ0n) is 18.9. The summed E-state index contributed by atoms with van der Waals surface area (Å²) >= 11 is 0. The Hall–Kier alpha value is -3.88. The van der Waals surface area contributed by atoms with Gasteiger partial charge in [-0.05, 0) is 42.8 Å². The van der Waals surface area contributed by atoms with Crippen molar-refractivity contribution >= 4 is 64.5 Å². The van der Waals surface area contributed by atoms with Crippen molar-refractivity contribution in [1.82, 2.24) is 0 Å². The number of nitrogens with two attached hydrogens (primary N) is 2. The molecule has 3 aromatic carbocycles. The Morgan fingerprint density at radius 1 is 0.632 bits per heavy atom. The van der Waals surface area contributed by atoms with Crippen molar-refractivity contribution in [2.45, 2.75) is 21.6 Å². The van der Waals surface area contributed by atoms with E-state index in [2.05, 4.69) is 20.5 Å². The molecule has 7 N–H and O–H groups in total. The van der Waals surface area contributed by atoms with E-state index in [4.69, 9.17) is 11.5 Å². The standard InChI is InChI=1S/C19H17FN6O9S3/c1-9-2-4-11(15(6-9)37(30,31)32)23-25-13-8-16(38(33,34)35)18(22)19(17(13)21)26-24-12-7-10(20)3-5-14(12)36(27,28)29/h2-8H,21-22H2,1H3,(H,27,28,29)(H,30,31,32)(H,33,34,35). The molecule has 0 aliphatic rings. The van der Waals surface area contributed by atoms with Crippen molar-refractivity contribution in [3.05, 3.63) is 53.8 Å². The molecule has 19 heteroatoms.